The van der Waals surface area contributed by atoms with E-state index in [1.54, 1.807) is 0 Å². The zero-order valence-electron chi connectivity index (χ0n) is 15.0. The standard InChI is InChI=1S/C20H31N3/c1-13-8-12-20(3)16-9-11-19(2)10-4-5-15(19)14(16)6-7-17(20)18(13)22-23-21/h8,14-18H,4-7,9-12H2,1-3H3/t14-,15-,16-,17-,18-,19-,20+/m0/s1. The van der Waals surface area contributed by atoms with Gasteiger partial charge in [-0.3, -0.25) is 0 Å². The van der Waals surface area contributed by atoms with Crippen molar-refractivity contribution < 1.29 is 0 Å². The maximum atomic E-state index is 9.03. The van der Waals surface area contributed by atoms with Crippen molar-refractivity contribution in [1.82, 2.24) is 0 Å². The lowest BCUT2D eigenvalue weighted by atomic mass is 9.45. The van der Waals surface area contributed by atoms with E-state index in [2.05, 4.69) is 36.9 Å². The molecule has 126 valence electrons. The van der Waals surface area contributed by atoms with Crippen LogP contribution in [0.2, 0.25) is 0 Å². The van der Waals surface area contributed by atoms with Gasteiger partial charge in [0, 0.05) is 4.91 Å². The fraction of sp³-hybridized carbons (Fsp3) is 0.900. The molecule has 3 fully saturated rings. The topological polar surface area (TPSA) is 48.8 Å². The van der Waals surface area contributed by atoms with Crippen LogP contribution in [0.3, 0.4) is 0 Å². The van der Waals surface area contributed by atoms with Crippen molar-refractivity contribution in [3.05, 3.63) is 22.1 Å². The van der Waals surface area contributed by atoms with Gasteiger partial charge < -0.3 is 0 Å². The molecule has 3 saturated carbocycles. The Bertz CT molecular complexity index is 575. The lowest BCUT2D eigenvalue weighted by Crippen LogP contribution is -2.54. The van der Waals surface area contributed by atoms with Gasteiger partial charge in [0.2, 0.25) is 0 Å². The molecule has 0 amide bonds. The van der Waals surface area contributed by atoms with Crippen molar-refractivity contribution in [2.24, 2.45) is 39.6 Å². The molecule has 0 unspecified atom stereocenters. The summed E-state index contributed by atoms with van der Waals surface area (Å²) < 4.78 is 0. The van der Waals surface area contributed by atoms with Gasteiger partial charge in [-0.15, -0.1) is 0 Å². The van der Waals surface area contributed by atoms with Gasteiger partial charge in [-0.1, -0.05) is 37.0 Å². The Kier molecular flexibility index (Phi) is 3.57. The number of hydrogen-bond donors (Lipinski definition) is 0. The first-order valence-electron chi connectivity index (χ1n) is 9.70. The van der Waals surface area contributed by atoms with Gasteiger partial charge in [0.15, 0.2) is 0 Å². The maximum Gasteiger partial charge on any atom is 0.0615 e. The van der Waals surface area contributed by atoms with Crippen LogP contribution in [0.25, 0.3) is 10.4 Å². The highest BCUT2D eigenvalue weighted by atomic mass is 15.2. The van der Waals surface area contributed by atoms with Gasteiger partial charge in [0.1, 0.15) is 0 Å². The highest BCUT2D eigenvalue weighted by molar-refractivity contribution is 5.21. The fourth-order valence-electron chi connectivity index (χ4n) is 7.35. The molecule has 0 aromatic rings. The Morgan fingerprint density at radius 2 is 1.91 bits per heavy atom. The molecule has 4 aliphatic carbocycles. The SMILES string of the molecule is CC1=CC[C@]2(C)[C@H]3CC[C@]4(C)CCC[C@H]4[C@@H]3CC[C@H]2[C@H]1N=[N+]=[N-]. The summed E-state index contributed by atoms with van der Waals surface area (Å²) in [6.07, 6.45) is 13.4. The summed E-state index contributed by atoms with van der Waals surface area (Å²) in [6.45, 7) is 7.26. The number of allylic oxidation sites excluding steroid dienone is 1. The Morgan fingerprint density at radius 3 is 2.70 bits per heavy atom. The van der Waals surface area contributed by atoms with Gasteiger partial charge in [0.05, 0.1) is 6.04 Å². The van der Waals surface area contributed by atoms with Crippen LogP contribution in [-0.2, 0) is 0 Å². The van der Waals surface area contributed by atoms with E-state index in [9.17, 15) is 0 Å². The minimum Gasteiger partial charge on any atom is -0.0860 e. The Balaban J connectivity index is 1.69. The Morgan fingerprint density at radius 1 is 1.09 bits per heavy atom. The minimum atomic E-state index is 0.108. The summed E-state index contributed by atoms with van der Waals surface area (Å²) in [7, 11) is 0. The van der Waals surface area contributed by atoms with E-state index < -0.39 is 0 Å². The molecule has 0 bridgehead atoms. The normalized spacial score (nSPS) is 51.8. The van der Waals surface area contributed by atoms with E-state index in [0.717, 1.165) is 17.8 Å². The second kappa shape index (κ2) is 5.28. The molecule has 0 aromatic heterocycles. The van der Waals surface area contributed by atoms with Crippen molar-refractivity contribution >= 4 is 0 Å². The Hall–Kier alpha value is -0.950. The van der Waals surface area contributed by atoms with Crippen molar-refractivity contribution in [3.63, 3.8) is 0 Å². The van der Waals surface area contributed by atoms with E-state index in [0.29, 0.717) is 16.7 Å². The monoisotopic (exact) mass is 313 g/mol. The lowest BCUT2D eigenvalue weighted by molar-refractivity contribution is -0.0918. The van der Waals surface area contributed by atoms with Gasteiger partial charge >= 0.3 is 0 Å². The first-order chi connectivity index (χ1) is 11.0. The lowest BCUT2D eigenvalue weighted by Gasteiger charge is -2.60. The molecule has 0 spiro atoms. The molecule has 0 saturated heterocycles. The summed E-state index contributed by atoms with van der Waals surface area (Å²) in [4.78, 5) is 3.18. The van der Waals surface area contributed by atoms with Crippen LogP contribution in [0.5, 0.6) is 0 Å². The zero-order valence-corrected chi connectivity index (χ0v) is 15.0. The molecule has 4 aliphatic rings. The number of rotatable bonds is 1. The van der Waals surface area contributed by atoms with E-state index in [-0.39, 0.29) is 6.04 Å². The van der Waals surface area contributed by atoms with Crippen LogP contribution in [0.1, 0.15) is 72.1 Å². The average Bonchev–Trinajstić information content (AvgIpc) is 2.92. The van der Waals surface area contributed by atoms with Crippen molar-refractivity contribution in [3.8, 4) is 0 Å². The average molecular weight is 313 g/mol. The number of hydrogen-bond acceptors (Lipinski definition) is 1. The first-order valence-corrected chi connectivity index (χ1v) is 9.70. The van der Waals surface area contributed by atoms with E-state index >= 15 is 0 Å². The van der Waals surface area contributed by atoms with E-state index in [4.69, 9.17) is 5.53 Å². The molecular formula is C20H31N3. The van der Waals surface area contributed by atoms with Gasteiger partial charge in [-0.2, -0.15) is 0 Å². The molecule has 0 radical (unpaired) electrons. The van der Waals surface area contributed by atoms with Gasteiger partial charge in [-0.25, -0.2) is 0 Å². The van der Waals surface area contributed by atoms with E-state index in [1.165, 1.54) is 56.9 Å². The van der Waals surface area contributed by atoms with Crippen LogP contribution >= 0.6 is 0 Å². The number of nitrogens with zero attached hydrogens (tertiary/aromatic N) is 3. The highest BCUT2D eigenvalue weighted by Crippen LogP contribution is 2.66. The van der Waals surface area contributed by atoms with Crippen LogP contribution in [0, 0.1) is 34.5 Å². The largest absolute Gasteiger partial charge is 0.0860 e. The molecule has 3 nitrogen and oxygen atoms in total. The molecule has 3 heteroatoms. The van der Waals surface area contributed by atoms with Crippen LogP contribution < -0.4 is 0 Å². The molecule has 23 heavy (non-hydrogen) atoms. The molecule has 4 rings (SSSR count). The summed E-state index contributed by atoms with van der Waals surface area (Å²) in [5.41, 5.74) is 11.3. The summed E-state index contributed by atoms with van der Waals surface area (Å²) in [6, 6.07) is 0.108. The predicted octanol–water partition coefficient (Wildman–Crippen LogP) is 6.26. The first kappa shape index (κ1) is 15.6. The third-order valence-electron chi connectivity index (χ3n) is 8.61. The number of fused-ring (bicyclic) bond motifs is 5. The van der Waals surface area contributed by atoms with Crippen LogP contribution in [0.4, 0.5) is 0 Å². The molecule has 0 heterocycles. The molecule has 0 aliphatic heterocycles. The van der Waals surface area contributed by atoms with Crippen molar-refractivity contribution in [2.45, 2.75) is 78.2 Å². The highest BCUT2D eigenvalue weighted by Gasteiger charge is 2.58. The summed E-state index contributed by atoms with van der Waals surface area (Å²) >= 11 is 0. The molecule has 7 atom stereocenters. The third-order valence-corrected chi connectivity index (χ3v) is 8.61. The third kappa shape index (κ3) is 2.12. The van der Waals surface area contributed by atoms with Crippen molar-refractivity contribution in [2.75, 3.05) is 0 Å². The van der Waals surface area contributed by atoms with Gasteiger partial charge in [0.25, 0.3) is 0 Å². The summed E-state index contributed by atoms with van der Waals surface area (Å²) in [5.74, 6) is 3.30. The van der Waals surface area contributed by atoms with E-state index in [1.807, 2.05) is 0 Å². The smallest absolute Gasteiger partial charge is 0.0615 e. The molecule has 0 N–H and O–H groups in total. The Labute approximate surface area is 140 Å². The molecule has 0 aromatic carbocycles. The van der Waals surface area contributed by atoms with Crippen LogP contribution in [-0.4, -0.2) is 6.04 Å². The van der Waals surface area contributed by atoms with Crippen LogP contribution in [0.15, 0.2) is 16.8 Å². The second-order valence-electron chi connectivity index (χ2n) is 9.45. The zero-order chi connectivity index (χ0) is 16.2. The van der Waals surface area contributed by atoms with Gasteiger partial charge in [-0.05, 0) is 91.9 Å². The second-order valence-corrected chi connectivity index (χ2v) is 9.45. The summed E-state index contributed by atoms with van der Waals surface area (Å²) in [5, 5.41) is 4.22. The number of azide groups is 1. The molecular weight excluding hydrogens is 282 g/mol. The minimum absolute atomic E-state index is 0.108. The predicted molar refractivity (Wildman–Crippen MR) is 93.8 cm³/mol. The van der Waals surface area contributed by atoms with Crippen molar-refractivity contribution in [1.29, 1.82) is 0 Å². The quantitative estimate of drug-likeness (QED) is 0.237. The fourth-order valence-corrected chi connectivity index (χ4v) is 7.35. The maximum absolute atomic E-state index is 9.03.